The molecule has 0 spiro atoms. The van der Waals surface area contributed by atoms with Crippen LogP contribution in [0.3, 0.4) is 0 Å². The molecule has 2 radical (unpaired) electrons. The predicted octanol–water partition coefficient (Wildman–Crippen LogP) is 1.44. The Hall–Kier alpha value is -3.32. The summed E-state index contributed by atoms with van der Waals surface area (Å²) < 4.78 is 21.5. The molecule has 4 atom stereocenters. The first kappa shape index (κ1) is 33.9. The fourth-order valence-corrected chi connectivity index (χ4v) is 4.70. The number of ether oxygens (including phenoxy) is 1. The molecule has 2 aromatic rings. The number of benzene rings is 2. The third-order valence-corrected chi connectivity index (χ3v) is 6.82. The maximum absolute atomic E-state index is 15.7. The second-order valence-electron chi connectivity index (χ2n) is 10.1. The Morgan fingerprint density at radius 1 is 1.15 bits per heavy atom. The van der Waals surface area contributed by atoms with Gasteiger partial charge in [-0.1, -0.05) is 30.3 Å². The van der Waals surface area contributed by atoms with Gasteiger partial charge in [0.15, 0.2) is 7.85 Å². The van der Waals surface area contributed by atoms with Crippen LogP contribution in [0.15, 0.2) is 36.4 Å². The van der Waals surface area contributed by atoms with Gasteiger partial charge in [0.05, 0.1) is 18.8 Å². The first-order valence-corrected chi connectivity index (χ1v) is 13.4. The van der Waals surface area contributed by atoms with Crippen LogP contribution in [-0.2, 0) is 37.7 Å². The molecule has 0 heterocycles. The minimum Gasteiger partial charge on any atom is -0.376 e. The summed E-state index contributed by atoms with van der Waals surface area (Å²) in [7, 11) is 9.33. The molecule has 2 amide bonds. The van der Waals surface area contributed by atoms with Crippen LogP contribution in [0, 0.1) is 12.7 Å². The van der Waals surface area contributed by atoms with Gasteiger partial charge in [0.25, 0.3) is 5.91 Å². The average Bonchev–Trinajstić information content (AvgIpc) is 2.91. The first-order valence-electron chi connectivity index (χ1n) is 13.4. The number of nitrogens with one attached hydrogen (secondary N) is 3. The zero-order valence-electron chi connectivity index (χ0n) is 24.2. The Kier molecular flexibility index (Phi) is 12.5. The molecule has 0 aliphatic heterocycles. The van der Waals surface area contributed by atoms with Crippen molar-refractivity contribution in [2.45, 2.75) is 70.1 Å². The van der Waals surface area contributed by atoms with E-state index in [9.17, 15) is 24.6 Å². The highest BCUT2D eigenvalue weighted by Crippen LogP contribution is 2.31. The molecule has 222 valence electrons. The summed E-state index contributed by atoms with van der Waals surface area (Å²) in [6, 6.07) is 9.49. The lowest BCUT2D eigenvalue weighted by molar-refractivity contribution is -0.171. The average molecular weight is 570 g/mol. The maximum atomic E-state index is 15.7. The number of aryl methyl sites for hydroxylation is 1. The van der Waals surface area contributed by atoms with E-state index in [-0.39, 0.29) is 49.3 Å². The number of halogens is 1. The highest BCUT2D eigenvalue weighted by atomic mass is 19.1. The Balaban J connectivity index is 2.40. The van der Waals surface area contributed by atoms with Gasteiger partial charge in [-0.05, 0) is 50.6 Å². The van der Waals surface area contributed by atoms with E-state index >= 15 is 4.39 Å². The minimum atomic E-state index is -2.38. The van der Waals surface area contributed by atoms with Crippen LogP contribution in [0.25, 0.3) is 0 Å². The fraction of sp³-hybridized carbons (Fsp3) is 0.483. The predicted molar refractivity (Wildman–Crippen MR) is 154 cm³/mol. The molecule has 0 aromatic heterocycles. The minimum absolute atomic E-state index is 0.0838. The lowest BCUT2D eigenvalue weighted by Gasteiger charge is -2.36. The van der Waals surface area contributed by atoms with E-state index in [1.807, 2.05) is 20.9 Å². The molecule has 10 nitrogen and oxygen atoms in total. The molecular formula is C29H40BFN4O6. The summed E-state index contributed by atoms with van der Waals surface area (Å²) in [5.74, 6) is -1.57. The molecule has 2 aromatic carbocycles. The van der Waals surface area contributed by atoms with E-state index in [0.29, 0.717) is 35.9 Å². The number of aldehydes is 1. The van der Waals surface area contributed by atoms with Crippen molar-refractivity contribution in [3.8, 4) is 0 Å². The van der Waals surface area contributed by atoms with Gasteiger partial charge in [-0.3, -0.25) is 9.59 Å². The lowest BCUT2D eigenvalue weighted by Crippen LogP contribution is -2.57. The Bertz CT molecular complexity index is 1200. The normalized spacial score (nSPS) is 15.6. The highest BCUT2D eigenvalue weighted by molar-refractivity contribution is 6.16. The second kappa shape index (κ2) is 15.1. The summed E-state index contributed by atoms with van der Waals surface area (Å²) in [5.41, 5.74) is -3.35. The van der Waals surface area contributed by atoms with E-state index in [4.69, 9.17) is 12.6 Å². The van der Waals surface area contributed by atoms with Gasteiger partial charge in [0.2, 0.25) is 12.1 Å². The Morgan fingerprint density at radius 2 is 1.83 bits per heavy atom. The quantitative estimate of drug-likeness (QED) is 0.109. The molecule has 0 aliphatic rings. The van der Waals surface area contributed by atoms with E-state index in [1.54, 1.807) is 37.3 Å². The number of hydrogen-bond acceptors (Lipinski definition) is 8. The molecule has 2 rings (SSSR count). The fourth-order valence-electron chi connectivity index (χ4n) is 4.70. The third kappa shape index (κ3) is 8.59. The van der Waals surface area contributed by atoms with Crippen molar-refractivity contribution in [3.63, 3.8) is 0 Å². The van der Waals surface area contributed by atoms with Crippen LogP contribution in [0.4, 0.5) is 10.1 Å². The topological polar surface area (TPSA) is 140 Å². The molecule has 0 bridgehead atoms. The van der Waals surface area contributed by atoms with Crippen molar-refractivity contribution >= 4 is 32.1 Å². The number of nitrogens with zero attached hydrogens (tertiary/aromatic N) is 1. The maximum Gasteiger partial charge on any atom is 0.273 e. The standard InChI is InChI=1S/C29H40BFN4O6/c1-19-9-6-12-25(23(19)17-35(18-37)28(39,13-8-14-36)27(38)33-5)34-29(30,40)24-11-7-10-22(26(24)31)15-20(2)41-21(3)16-32-4/h6-7,9-12,14,18,20-21,32,34,39-40H,8,13,15-17H2,1-5H3,(H,33,38). The van der Waals surface area contributed by atoms with Crippen molar-refractivity contribution in [2.75, 3.05) is 26.0 Å². The zero-order chi connectivity index (χ0) is 30.8. The Morgan fingerprint density at radius 3 is 2.44 bits per heavy atom. The molecule has 41 heavy (non-hydrogen) atoms. The van der Waals surface area contributed by atoms with Crippen LogP contribution >= 0.6 is 0 Å². The number of hydrogen-bond donors (Lipinski definition) is 5. The van der Waals surface area contributed by atoms with Gasteiger partial charge in [-0.25, -0.2) is 4.39 Å². The largest absolute Gasteiger partial charge is 0.376 e. The van der Waals surface area contributed by atoms with Crippen molar-refractivity contribution in [1.29, 1.82) is 0 Å². The molecule has 0 fully saturated rings. The molecule has 0 saturated heterocycles. The van der Waals surface area contributed by atoms with Gasteiger partial charge in [-0.15, -0.1) is 0 Å². The van der Waals surface area contributed by atoms with E-state index in [1.165, 1.54) is 13.1 Å². The Labute approximate surface area is 242 Å². The monoisotopic (exact) mass is 570 g/mol. The summed E-state index contributed by atoms with van der Waals surface area (Å²) in [4.78, 5) is 36.5. The van der Waals surface area contributed by atoms with Crippen molar-refractivity contribution in [3.05, 3.63) is 64.5 Å². The van der Waals surface area contributed by atoms with Crippen LogP contribution in [0.1, 0.15) is 48.9 Å². The zero-order valence-corrected chi connectivity index (χ0v) is 24.2. The van der Waals surface area contributed by atoms with Crippen LogP contribution < -0.4 is 16.0 Å². The number of carbonyl (C=O) groups excluding carboxylic acids is 3. The summed E-state index contributed by atoms with van der Waals surface area (Å²) in [6.07, 6.45) is 0.172. The van der Waals surface area contributed by atoms with Crippen molar-refractivity contribution < 1.29 is 33.7 Å². The smallest absolute Gasteiger partial charge is 0.273 e. The third-order valence-electron chi connectivity index (χ3n) is 6.82. The van der Waals surface area contributed by atoms with Crippen molar-refractivity contribution in [1.82, 2.24) is 15.5 Å². The highest BCUT2D eigenvalue weighted by Gasteiger charge is 2.41. The number of anilines is 1. The van der Waals surface area contributed by atoms with Crippen LogP contribution in [0.5, 0.6) is 0 Å². The second-order valence-corrected chi connectivity index (χ2v) is 10.1. The molecule has 0 saturated carbocycles. The SMILES string of the molecule is [B]C(O)(Nc1cccc(C)c1CN(C=O)C(O)(CCC=O)C(=O)NC)c1cccc(CC(C)OC(C)CNC)c1F. The number of likely N-dealkylation sites (N-methyl/N-ethyl adjacent to an activating group) is 2. The number of rotatable bonds is 17. The lowest BCUT2D eigenvalue weighted by atomic mass is 9.81. The summed E-state index contributed by atoms with van der Waals surface area (Å²) in [6.45, 7) is 5.81. The first-order chi connectivity index (χ1) is 19.3. The summed E-state index contributed by atoms with van der Waals surface area (Å²) >= 11 is 0. The number of aliphatic hydroxyl groups is 2. The van der Waals surface area contributed by atoms with E-state index in [0.717, 1.165) is 4.90 Å². The van der Waals surface area contributed by atoms with E-state index in [2.05, 4.69) is 16.0 Å². The van der Waals surface area contributed by atoms with Gasteiger partial charge >= 0.3 is 0 Å². The number of carbonyl (C=O) groups is 3. The molecule has 12 heteroatoms. The van der Waals surface area contributed by atoms with Gasteiger partial charge in [0, 0.05) is 44.1 Å². The molecule has 0 aliphatic carbocycles. The van der Waals surface area contributed by atoms with Crippen LogP contribution in [-0.4, -0.2) is 80.1 Å². The van der Waals surface area contributed by atoms with Gasteiger partial charge in [-0.2, -0.15) is 0 Å². The number of amides is 2. The molecule has 4 unspecified atom stereocenters. The van der Waals surface area contributed by atoms with Gasteiger partial charge in [0.1, 0.15) is 17.7 Å². The van der Waals surface area contributed by atoms with Crippen molar-refractivity contribution in [2.24, 2.45) is 0 Å². The molecular weight excluding hydrogens is 530 g/mol. The summed E-state index contributed by atoms with van der Waals surface area (Å²) in [5, 5.41) is 30.5. The van der Waals surface area contributed by atoms with Crippen LogP contribution in [0.2, 0.25) is 0 Å². The van der Waals surface area contributed by atoms with E-state index < -0.39 is 23.1 Å². The molecule has 5 N–H and O–H groups in total. The van der Waals surface area contributed by atoms with Gasteiger partial charge < -0.3 is 40.6 Å².